The fourth-order valence-electron chi connectivity index (χ4n) is 3.05. The first-order chi connectivity index (χ1) is 14.5. The molecule has 2 N–H and O–H groups in total. The molecule has 0 radical (unpaired) electrons. The molecule has 1 heterocycles. The molecule has 0 aliphatic heterocycles. The molecule has 9 heteroatoms. The van der Waals surface area contributed by atoms with Gasteiger partial charge in [0.1, 0.15) is 17.7 Å². The second-order valence-corrected chi connectivity index (χ2v) is 6.82. The number of carbonyl (C=O) groups excluding carboxylic acids is 2. The van der Waals surface area contributed by atoms with Gasteiger partial charge in [0, 0.05) is 19.5 Å². The first kappa shape index (κ1) is 21.1. The maximum absolute atomic E-state index is 13.2. The average molecular weight is 410 g/mol. The van der Waals surface area contributed by atoms with E-state index in [-0.39, 0.29) is 37.1 Å². The second kappa shape index (κ2) is 10.2. The first-order valence-electron chi connectivity index (χ1n) is 9.60. The van der Waals surface area contributed by atoms with Crippen LogP contribution in [0, 0.1) is 12.7 Å². The van der Waals surface area contributed by atoms with E-state index in [9.17, 15) is 14.0 Å². The van der Waals surface area contributed by atoms with E-state index in [1.807, 2.05) is 30.3 Å². The number of aryl methyl sites for hydroxylation is 1. The Morgan fingerprint density at radius 2 is 1.77 bits per heavy atom. The summed E-state index contributed by atoms with van der Waals surface area (Å²) in [7, 11) is 0. The Bertz CT molecular complexity index is 992. The molecule has 0 bridgehead atoms. The van der Waals surface area contributed by atoms with Gasteiger partial charge in [-0.05, 0) is 40.6 Å². The number of hydrogen-bond acceptors (Lipinski definition) is 5. The molecule has 30 heavy (non-hydrogen) atoms. The van der Waals surface area contributed by atoms with Gasteiger partial charge in [0.2, 0.25) is 11.8 Å². The van der Waals surface area contributed by atoms with Crippen LogP contribution in [0.1, 0.15) is 23.0 Å². The zero-order chi connectivity index (χ0) is 21.3. The number of nitrogens with one attached hydrogen (secondary N) is 2. The lowest BCUT2D eigenvalue weighted by atomic mass is 10.1. The van der Waals surface area contributed by atoms with Crippen LogP contribution in [-0.4, -0.2) is 45.1 Å². The summed E-state index contributed by atoms with van der Waals surface area (Å²) in [5, 5.41) is 17.0. The largest absolute Gasteiger partial charge is 0.354 e. The van der Waals surface area contributed by atoms with Crippen molar-refractivity contribution < 1.29 is 14.0 Å². The highest BCUT2D eigenvalue weighted by molar-refractivity contribution is 5.81. The second-order valence-electron chi connectivity index (χ2n) is 6.82. The molecule has 0 saturated carbocycles. The summed E-state index contributed by atoms with van der Waals surface area (Å²) >= 11 is 0. The SMILES string of the molecule is Cc1nnnn1C(Cc1ccccc1)C(=O)NCCNC(=O)Cc1cccc(F)c1. The Morgan fingerprint density at radius 3 is 2.47 bits per heavy atom. The summed E-state index contributed by atoms with van der Waals surface area (Å²) in [5.74, 6) is -0.329. The van der Waals surface area contributed by atoms with Gasteiger partial charge >= 0.3 is 0 Å². The lowest BCUT2D eigenvalue weighted by Gasteiger charge is -2.17. The highest BCUT2D eigenvalue weighted by atomic mass is 19.1. The molecule has 1 atom stereocenters. The normalized spacial score (nSPS) is 11.7. The smallest absolute Gasteiger partial charge is 0.245 e. The molecular formula is C21H23FN6O2. The minimum Gasteiger partial charge on any atom is -0.354 e. The van der Waals surface area contributed by atoms with Gasteiger partial charge in [0.25, 0.3) is 0 Å². The van der Waals surface area contributed by atoms with Crippen molar-refractivity contribution in [2.24, 2.45) is 0 Å². The van der Waals surface area contributed by atoms with E-state index in [2.05, 4.69) is 26.2 Å². The number of hydrogen-bond donors (Lipinski definition) is 2. The fraction of sp³-hybridized carbons (Fsp3) is 0.286. The Kier molecular flexibility index (Phi) is 7.20. The summed E-state index contributed by atoms with van der Waals surface area (Å²) in [6, 6.07) is 14.9. The topological polar surface area (TPSA) is 102 Å². The summed E-state index contributed by atoms with van der Waals surface area (Å²) in [4.78, 5) is 24.8. The standard InChI is InChI=1S/C21H23FN6O2/c1-15-25-26-27-28(15)19(13-16-6-3-2-4-7-16)21(30)24-11-10-23-20(29)14-17-8-5-9-18(22)12-17/h2-9,12,19H,10-11,13-14H2,1H3,(H,23,29)(H,24,30). The molecule has 8 nitrogen and oxygen atoms in total. The van der Waals surface area contributed by atoms with Crippen molar-refractivity contribution in [3.8, 4) is 0 Å². The lowest BCUT2D eigenvalue weighted by Crippen LogP contribution is -2.39. The summed E-state index contributed by atoms with van der Waals surface area (Å²) < 4.78 is 14.7. The molecule has 156 valence electrons. The third kappa shape index (κ3) is 5.94. The molecular weight excluding hydrogens is 387 g/mol. The van der Waals surface area contributed by atoms with Crippen molar-refractivity contribution in [3.63, 3.8) is 0 Å². The van der Waals surface area contributed by atoms with Crippen LogP contribution in [0.15, 0.2) is 54.6 Å². The van der Waals surface area contributed by atoms with E-state index in [1.54, 1.807) is 19.1 Å². The predicted octanol–water partition coefficient (Wildman–Crippen LogP) is 1.38. The molecule has 3 aromatic rings. The van der Waals surface area contributed by atoms with Crippen molar-refractivity contribution in [2.75, 3.05) is 13.1 Å². The van der Waals surface area contributed by atoms with Crippen molar-refractivity contribution in [1.29, 1.82) is 0 Å². The van der Waals surface area contributed by atoms with Crippen LogP contribution >= 0.6 is 0 Å². The van der Waals surface area contributed by atoms with E-state index >= 15 is 0 Å². The number of tetrazole rings is 1. The van der Waals surface area contributed by atoms with Gasteiger partial charge in [-0.3, -0.25) is 9.59 Å². The minimum atomic E-state index is -0.606. The first-order valence-corrected chi connectivity index (χ1v) is 9.60. The predicted molar refractivity (Wildman–Crippen MR) is 108 cm³/mol. The van der Waals surface area contributed by atoms with Crippen molar-refractivity contribution in [3.05, 3.63) is 77.4 Å². The molecule has 0 aliphatic carbocycles. The van der Waals surface area contributed by atoms with Gasteiger partial charge in [-0.1, -0.05) is 42.5 Å². The molecule has 1 unspecified atom stereocenters. The van der Waals surface area contributed by atoms with Crippen LogP contribution < -0.4 is 10.6 Å². The molecule has 0 spiro atoms. The van der Waals surface area contributed by atoms with Crippen LogP contribution in [0.25, 0.3) is 0 Å². The number of amides is 2. The lowest BCUT2D eigenvalue weighted by molar-refractivity contribution is -0.125. The van der Waals surface area contributed by atoms with Crippen LogP contribution in [0.2, 0.25) is 0 Å². The van der Waals surface area contributed by atoms with Gasteiger partial charge in [0.15, 0.2) is 0 Å². The molecule has 0 aliphatic rings. The highest BCUT2D eigenvalue weighted by Crippen LogP contribution is 2.14. The molecule has 2 aromatic carbocycles. The fourth-order valence-corrected chi connectivity index (χ4v) is 3.05. The van der Waals surface area contributed by atoms with E-state index in [4.69, 9.17) is 0 Å². The quantitative estimate of drug-likeness (QED) is 0.519. The molecule has 0 saturated heterocycles. The number of aromatic nitrogens is 4. The van der Waals surface area contributed by atoms with Crippen LogP contribution in [-0.2, 0) is 22.4 Å². The monoisotopic (exact) mass is 410 g/mol. The molecule has 0 fully saturated rings. The third-order valence-corrected chi connectivity index (χ3v) is 4.53. The highest BCUT2D eigenvalue weighted by Gasteiger charge is 2.23. The van der Waals surface area contributed by atoms with Gasteiger partial charge in [-0.2, -0.15) is 0 Å². The number of halogens is 1. The van der Waals surface area contributed by atoms with E-state index in [0.717, 1.165) is 5.56 Å². The number of nitrogens with zero attached hydrogens (tertiary/aromatic N) is 4. The van der Waals surface area contributed by atoms with Crippen LogP contribution in [0.5, 0.6) is 0 Å². The van der Waals surface area contributed by atoms with Crippen LogP contribution in [0.4, 0.5) is 4.39 Å². The van der Waals surface area contributed by atoms with E-state index in [1.165, 1.54) is 16.8 Å². The summed E-state index contributed by atoms with van der Waals surface area (Å²) in [6.45, 7) is 2.24. The average Bonchev–Trinajstić information content (AvgIpc) is 3.15. The Hall–Kier alpha value is -3.62. The molecule has 2 amide bonds. The number of benzene rings is 2. The molecule has 1 aromatic heterocycles. The maximum atomic E-state index is 13.2. The van der Waals surface area contributed by atoms with Crippen molar-refractivity contribution >= 4 is 11.8 Å². The van der Waals surface area contributed by atoms with Crippen LogP contribution in [0.3, 0.4) is 0 Å². The van der Waals surface area contributed by atoms with Gasteiger partial charge in [-0.25, -0.2) is 9.07 Å². The van der Waals surface area contributed by atoms with Gasteiger partial charge in [0.05, 0.1) is 6.42 Å². The zero-order valence-electron chi connectivity index (χ0n) is 16.6. The summed E-state index contributed by atoms with van der Waals surface area (Å²) in [5.41, 5.74) is 1.57. The Balaban J connectivity index is 1.52. The van der Waals surface area contributed by atoms with E-state index < -0.39 is 6.04 Å². The third-order valence-electron chi connectivity index (χ3n) is 4.53. The zero-order valence-corrected chi connectivity index (χ0v) is 16.6. The maximum Gasteiger partial charge on any atom is 0.245 e. The van der Waals surface area contributed by atoms with Crippen molar-refractivity contribution in [1.82, 2.24) is 30.8 Å². The Labute approximate surface area is 173 Å². The van der Waals surface area contributed by atoms with E-state index in [0.29, 0.717) is 17.8 Å². The number of rotatable bonds is 9. The van der Waals surface area contributed by atoms with Crippen molar-refractivity contribution in [2.45, 2.75) is 25.8 Å². The molecule has 3 rings (SSSR count). The van der Waals surface area contributed by atoms with Gasteiger partial charge in [-0.15, -0.1) is 5.10 Å². The number of carbonyl (C=O) groups is 2. The Morgan fingerprint density at radius 1 is 1.03 bits per heavy atom. The minimum absolute atomic E-state index is 0.0756. The van der Waals surface area contributed by atoms with Gasteiger partial charge < -0.3 is 10.6 Å². The summed E-state index contributed by atoms with van der Waals surface area (Å²) in [6.07, 6.45) is 0.511.